The fourth-order valence-corrected chi connectivity index (χ4v) is 4.40. The first-order valence-corrected chi connectivity index (χ1v) is 11.1. The van der Waals surface area contributed by atoms with Crippen molar-refractivity contribution in [3.63, 3.8) is 0 Å². The molecule has 0 fully saturated rings. The molecule has 0 bridgehead atoms. The smallest absolute Gasteiger partial charge is 0.242 e. The number of fused-ring (bicyclic) bond motifs is 1. The SMILES string of the molecule is CN(C)S(=O)(=O)c1ccc(CCC(=O)NC2CC(C)(C)Oc3ccccc32)cc1. The van der Waals surface area contributed by atoms with Gasteiger partial charge in [-0.15, -0.1) is 0 Å². The molecule has 3 rings (SSSR count). The highest BCUT2D eigenvalue weighted by Gasteiger charge is 2.34. The second kappa shape index (κ2) is 8.16. The van der Waals surface area contributed by atoms with Crippen molar-refractivity contribution >= 4 is 15.9 Å². The number of rotatable bonds is 6. The highest BCUT2D eigenvalue weighted by atomic mass is 32.2. The fraction of sp³-hybridized carbons (Fsp3) is 0.409. The van der Waals surface area contributed by atoms with E-state index in [2.05, 4.69) is 5.32 Å². The number of amides is 1. The van der Waals surface area contributed by atoms with Gasteiger partial charge in [-0.05, 0) is 44.0 Å². The van der Waals surface area contributed by atoms with Crippen LogP contribution in [0.5, 0.6) is 5.75 Å². The number of hydrogen-bond donors (Lipinski definition) is 1. The predicted molar refractivity (Wildman–Crippen MR) is 112 cm³/mol. The quantitative estimate of drug-likeness (QED) is 0.784. The van der Waals surface area contributed by atoms with E-state index in [9.17, 15) is 13.2 Å². The summed E-state index contributed by atoms with van der Waals surface area (Å²) in [4.78, 5) is 12.8. The normalized spacial score (nSPS) is 18.0. The summed E-state index contributed by atoms with van der Waals surface area (Å²) in [6.07, 6.45) is 1.58. The highest BCUT2D eigenvalue weighted by molar-refractivity contribution is 7.89. The third-order valence-corrected chi connectivity index (χ3v) is 6.88. The number of ether oxygens (including phenoxy) is 1. The molecule has 156 valence electrons. The summed E-state index contributed by atoms with van der Waals surface area (Å²) in [5.74, 6) is 0.777. The van der Waals surface area contributed by atoms with Crippen LogP contribution in [0.4, 0.5) is 0 Å². The fourth-order valence-electron chi connectivity index (χ4n) is 3.49. The molecule has 1 amide bonds. The van der Waals surface area contributed by atoms with Gasteiger partial charge in [-0.25, -0.2) is 12.7 Å². The second-order valence-corrected chi connectivity index (χ2v) is 10.3. The maximum absolute atomic E-state index is 12.6. The Morgan fingerprint density at radius 1 is 1.14 bits per heavy atom. The maximum atomic E-state index is 12.6. The summed E-state index contributed by atoms with van der Waals surface area (Å²) in [7, 11) is -0.435. The summed E-state index contributed by atoms with van der Waals surface area (Å²) < 4.78 is 31.5. The lowest BCUT2D eigenvalue weighted by Crippen LogP contribution is -2.41. The molecule has 0 saturated heterocycles. The maximum Gasteiger partial charge on any atom is 0.242 e. The van der Waals surface area contributed by atoms with E-state index >= 15 is 0 Å². The van der Waals surface area contributed by atoms with Crippen LogP contribution in [0.1, 0.15) is 43.9 Å². The Bertz CT molecular complexity index is 982. The van der Waals surface area contributed by atoms with Crippen molar-refractivity contribution in [3.8, 4) is 5.75 Å². The van der Waals surface area contributed by atoms with E-state index in [1.165, 1.54) is 18.4 Å². The van der Waals surface area contributed by atoms with E-state index in [1.54, 1.807) is 24.3 Å². The summed E-state index contributed by atoms with van der Waals surface area (Å²) in [5, 5.41) is 3.13. The zero-order valence-corrected chi connectivity index (χ0v) is 18.1. The molecule has 29 heavy (non-hydrogen) atoms. The molecule has 6 nitrogen and oxygen atoms in total. The first-order chi connectivity index (χ1) is 13.6. The molecule has 0 spiro atoms. The molecule has 2 aromatic carbocycles. The highest BCUT2D eigenvalue weighted by Crippen LogP contribution is 2.39. The lowest BCUT2D eigenvalue weighted by atomic mass is 9.89. The van der Waals surface area contributed by atoms with Crippen molar-refractivity contribution in [1.29, 1.82) is 0 Å². The van der Waals surface area contributed by atoms with Crippen molar-refractivity contribution < 1.29 is 17.9 Å². The lowest BCUT2D eigenvalue weighted by molar-refractivity contribution is -0.122. The first-order valence-electron chi connectivity index (χ1n) is 9.67. The second-order valence-electron chi connectivity index (χ2n) is 8.16. The summed E-state index contributed by atoms with van der Waals surface area (Å²) in [6.45, 7) is 4.04. The van der Waals surface area contributed by atoms with Gasteiger partial charge in [-0.3, -0.25) is 4.79 Å². The van der Waals surface area contributed by atoms with E-state index in [1.807, 2.05) is 38.1 Å². The Kier molecular flexibility index (Phi) is 6.00. The molecule has 1 aliphatic heterocycles. The van der Waals surface area contributed by atoms with Crippen LogP contribution in [-0.2, 0) is 21.2 Å². The molecule has 1 atom stereocenters. The van der Waals surface area contributed by atoms with E-state index in [0.29, 0.717) is 19.3 Å². The Morgan fingerprint density at radius 2 is 1.79 bits per heavy atom. The van der Waals surface area contributed by atoms with Crippen molar-refractivity contribution in [2.45, 2.75) is 49.6 Å². The Hall–Kier alpha value is -2.38. The summed E-state index contributed by atoms with van der Waals surface area (Å²) >= 11 is 0. The van der Waals surface area contributed by atoms with Crippen LogP contribution in [0.2, 0.25) is 0 Å². The molecule has 1 N–H and O–H groups in total. The monoisotopic (exact) mass is 416 g/mol. The zero-order valence-electron chi connectivity index (χ0n) is 17.3. The third-order valence-electron chi connectivity index (χ3n) is 5.05. The molecule has 1 unspecified atom stereocenters. The van der Waals surface area contributed by atoms with Crippen molar-refractivity contribution in [1.82, 2.24) is 9.62 Å². The molecule has 2 aromatic rings. The lowest BCUT2D eigenvalue weighted by Gasteiger charge is -2.37. The van der Waals surface area contributed by atoms with Gasteiger partial charge in [-0.2, -0.15) is 0 Å². The van der Waals surface area contributed by atoms with Crippen molar-refractivity contribution in [3.05, 3.63) is 59.7 Å². The molecular weight excluding hydrogens is 388 g/mol. The number of nitrogens with zero attached hydrogens (tertiary/aromatic N) is 1. The number of sulfonamides is 1. The molecule has 0 aliphatic carbocycles. The van der Waals surface area contributed by atoms with Crippen LogP contribution in [0, 0.1) is 0 Å². The van der Waals surface area contributed by atoms with Crippen molar-refractivity contribution in [2.75, 3.05) is 14.1 Å². The standard InChI is InChI=1S/C22H28N2O4S/c1-22(2)15-19(18-7-5-6-8-20(18)28-22)23-21(25)14-11-16-9-12-17(13-10-16)29(26,27)24(3)4/h5-10,12-13,19H,11,14-15H2,1-4H3,(H,23,25). The summed E-state index contributed by atoms with van der Waals surface area (Å²) in [5.41, 5.74) is 1.57. The number of benzene rings is 2. The van der Waals surface area contributed by atoms with Gasteiger partial charge in [-0.1, -0.05) is 30.3 Å². The van der Waals surface area contributed by atoms with E-state index in [-0.39, 0.29) is 22.4 Å². The van der Waals surface area contributed by atoms with Crippen LogP contribution in [0.3, 0.4) is 0 Å². The first kappa shape index (κ1) is 21.3. The third kappa shape index (κ3) is 4.97. The average molecular weight is 417 g/mol. The number of para-hydroxylation sites is 1. The molecule has 7 heteroatoms. The number of hydrogen-bond acceptors (Lipinski definition) is 4. The van der Waals surface area contributed by atoms with Crippen LogP contribution in [0.15, 0.2) is 53.4 Å². The van der Waals surface area contributed by atoms with Gasteiger partial charge in [0.05, 0.1) is 10.9 Å². The molecule has 0 saturated carbocycles. The molecule has 0 radical (unpaired) electrons. The number of carbonyl (C=O) groups is 1. The number of nitrogens with one attached hydrogen (secondary N) is 1. The largest absolute Gasteiger partial charge is 0.487 e. The Morgan fingerprint density at radius 3 is 2.45 bits per heavy atom. The van der Waals surface area contributed by atoms with Crippen LogP contribution in [-0.4, -0.2) is 38.3 Å². The van der Waals surface area contributed by atoms with E-state index in [0.717, 1.165) is 16.9 Å². The van der Waals surface area contributed by atoms with Gasteiger partial charge in [0, 0.05) is 32.5 Å². The minimum atomic E-state index is -3.44. The summed E-state index contributed by atoms with van der Waals surface area (Å²) in [6, 6.07) is 14.4. The van der Waals surface area contributed by atoms with Crippen LogP contribution < -0.4 is 10.1 Å². The molecular formula is C22H28N2O4S. The topological polar surface area (TPSA) is 75.7 Å². The average Bonchev–Trinajstić information content (AvgIpc) is 2.65. The Labute approximate surface area is 172 Å². The van der Waals surface area contributed by atoms with E-state index < -0.39 is 10.0 Å². The minimum Gasteiger partial charge on any atom is -0.487 e. The molecule has 0 aromatic heterocycles. The zero-order chi connectivity index (χ0) is 21.2. The Balaban J connectivity index is 1.62. The molecule has 1 heterocycles. The predicted octanol–water partition coefficient (Wildman–Crippen LogP) is 3.29. The van der Waals surface area contributed by atoms with Gasteiger partial charge in [0.2, 0.25) is 15.9 Å². The number of aryl methyl sites for hydroxylation is 1. The van der Waals surface area contributed by atoms with Crippen LogP contribution >= 0.6 is 0 Å². The van der Waals surface area contributed by atoms with Gasteiger partial charge in [0.15, 0.2) is 0 Å². The molecule has 1 aliphatic rings. The van der Waals surface area contributed by atoms with Gasteiger partial charge >= 0.3 is 0 Å². The number of carbonyl (C=O) groups excluding carboxylic acids is 1. The minimum absolute atomic E-state index is 0.0347. The van der Waals surface area contributed by atoms with Crippen LogP contribution in [0.25, 0.3) is 0 Å². The van der Waals surface area contributed by atoms with Gasteiger partial charge in [0.25, 0.3) is 0 Å². The van der Waals surface area contributed by atoms with E-state index in [4.69, 9.17) is 4.74 Å². The van der Waals surface area contributed by atoms with Crippen molar-refractivity contribution in [2.24, 2.45) is 0 Å². The van der Waals surface area contributed by atoms with Gasteiger partial charge < -0.3 is 10.1 Å². The van der Waals surface area contributed by atoms with Gasteiger partial charge in [0.1, 0.15) is 11.4 Å².